The molecule has 224 valence electrons. The Morgan fingerprint density at radius 2 is 1.57 bits per heavy atom. The average molecular weight is 665 g/mol. The second-order valence-corrected chi connectivity index (χ2v) is 10.4. The lowest BCUT2D eigenvalue weighted by atomic mass is 10.2. The van der Waals surface area contributed by atoms with E-state index in [1.54, 1.807) is 33.1 Å². The minimum Gasteiger partial charge on any atom is -0.476 e. The molecule has 0 spiro atoms. The second kappa shape index (κ2) is 20.9. The van der Waals surface area contributed by atoms with Crippen LogP contribution in [-0.2, 0) is 9.47 Å². The zero-order chi connectivity index (χ0) is 31.5. The number of aromatic nitrogens is 2. The number of nitrogens with one attached hydrogen (secondary N) is 1. The van der Waals surface area contributed by atoms with Gasteiger partial charge in [-0.3, -0.25) is 5.32 Å². The summed E-state index contributed by atoms with van der Waals surface area (Å²) in [6.45, 7) is 19.3. The lowest BCUT2D eigenvalue weighted by Gasteiger charge is -2.19. The second-order valence-electron chi connectivity index (χ2n) is 7.37. The third-order valence-electron chi connectivity index (χ3n) is 3.53. The van der Waals surface area contributed by atoms with Crippen LogP contribution in [0.5, 0.6) is 0 Å². The molecule has 0 aliphatic carbocycles. The van der Waals surface area contributed by atoms with E-state index in [1.165, 1.54) is 28.8 Å². The third-order valence-corrected chi connectivity index (χ3v) is 5.77. The van der Waals surface area contributed by atoms with Gasteiger partial charge in [0.25, 0.3) is 0 Å². The van der Waals surface area contributed by atoms with Gasteiger partial charge < -0.3 is 14.6 Å². The fourth-order valence-electron chi connectivity index (χ4n) is 2.23. The van der Waals surface area contributed by atoms with E-state index in [0.717, 1.165) is 17.4 Å². The number of rotatable bonds is 5. The summed E-state index contributed by atoms with van der Waals surface area (Å²) in [6, 6.07) is 4.04. The van der Waals surface area contributed by atoms with Crippen LogP contribution in [0.3, 0.4) is 0 Å². The molecule has 1 aromatic carbocycles. The summed E-state index contributed by atoms with van der Waals surface area (Å²) >= 11 is 5.54. The van der Waals surface area contributed by atoms with Crippen LogP contribution in [0, 0.1) is 5.82 Å². The first-order valence-electron chi connectivity index (χ1n) is 12.7. The SMILES string of the molecule is CC.CC.CC.CC(C)(C)OC(=O)Nc1ccc(-c2nc(C(=O)O)cs2)c(F)c1.CCOC(=O)c1csc(Br)n1. The van der Waals surface area contributed by atoms with E-state index in [2.05, 4.69) is 31.2 Å². The molecule has 0 radical (unpaired) electrons. The van der Waals surface area contributed by atoms with Crippen LogP contribution in [-0.4, -0.2) is 45.3 Å². The molecule has 0 saturated carbocycles. The highest BCUT2D eigenvalue weighted by Crippen LogP contribution is 2.28. The van der Waals surface area contributed by atoms with Crippen LogP contribution in [0.25, 0.3) is 10.6 Å². The number of carboxylic acid groups (broad SMARTS) is 1. The van der Waals surface area contributed by atoms with Gasteiger partial charge in [0.05, 0.1) is 6.61 Å². The summed E-state index contributed by atoms with van der Waals surface area (Å²) in [7, 11) is 0. The van der Waals surface area contributed by atoms with E-state index in [-0.39, 0.29) is 27.9 Å². The highest BCUT2D eigenvalue weighted by atomic mass is 79.9. The molecule has 0 aliphatic rings. The van der Waals surface area contributed by atoms with Crippen LogP contribution in [0.4, 0.5) is 14.9 Å². The number of aromatic carboxylic acids is 1. The topological polar surface area (TPSA) is 128 Å². The molecule has 0 saturated heterocycles. The first kappa shape index (κ1) is 39.2. The van der Waals surface area contributed by atoms with Crippen molar-refractivity contribution in [1.29, 1.82) is 0 Å². The number of carbonyl (C=O) groups excluding carboxylic acids is 2. The van der Waals surface area contributed by atoms with Crippen molar-refractivity contribution in [1.82, 2.24) is 9.97 Å². The van der Waals surface area contributed by atoms with Gasteiger partial charge in [-0.05, 0) is 61.8 Å². The molecule has 9 nitrogen and oxygen atoms in total. The summed E-state index contributed by atoms with van der Waals surface area (Å²) in [6.07, 6.45) is -0.688. The molecule has 0 bridgehead atoms. The number of carbonyl (C=O) groups is 3. The van der Waals surface area contributed by atoms with E-state index in [4.69, 9.17) is 14.6 Å². The summed E-state index contributed by atoms with van der Waals surface area (Å²) < 4.78 is 24.7. The summed E-state index contributed by atoms with van der Waals surface area (Å²) in [4.78, 5) is 41.1. The smallest absolute Gasteiger partial charge is 0.412 e. The van der Waals surface area contributed by atoms with Gasteiger partial charge in [0, 0.05) is 22.0 Å². The predicted octanol–water partition coefficient (Wildman–Crippen LogP) is 9.16. The van der Waals surface area contributed by atoms with Gasteiger partial charge in [-0.2, -0.15) is 0 Å². The number of hydrogen-bond acceptors (Lipinski definition) is 9. The van der Waals surface area contributed by atoms with Crippen molar-refractivity contribution < 1.29 is 33.4 Å². The van der Waals surface area contributed by atoms with E-state index >= 15 is 0 Å². The van der Waals surface area contributed by atoms with Crippen molar-refractivity contribution in [2.45, 2.75) is 74.8 Å². The monoisotopic (exact) mass is 663 g/mol. The van der Waals surface area contributed by atoms with Crippen molar-refractivity contribution in [3.8, 4) is 10.6 Å². The molecule has 2 N–H and O–H groups in total. The van der Waals surface area contributed by atoms with Gasteiger partial charge in [-0.1, -0.05) is 41.5 Å². The molecule has 40 heavy (non-hydrogen) atoms. The number of halogens is 2. The van der Waals surface area contributed by atoms with Gasteiger partial charge in [0.2, 0.25) is 0 Å². The Morgan fingerprint density at radius 1 is 1.00 bits per heavy atom. The fraction of sp³-hybridized carbons (Fsp3) is 0.444. The summed E-state index contributed by atoms with van der Waals surface area (Å²) in [5, 5.41) is 14.5. The maximum Gasteiger partial charge on any atom is 0.412 e. The largest absolute Gasteiger partial charge is 0.476 e. The molecule has 3 aromatic rings. The van der Waals surface area contributed by atoms with E-state index in [1.807, 2.05) is 41.5 Å². The zero-order valence-electron chi connectivity index (χ0n) is 24.5. The number of nitrogens with zero attached hydrogens (tertiary/aromatic N) is 2. The van der Waals surface area contributed by atoms with Crippen LogP contribution in [0.2, 0.25) is 0 Å². The Kier molecular flexibility index (Phi) is 20.5. The highest BCUT2D eigenvalue weighted by molar-refractivity contribution is 9.11. The quantitative estimate of drug-likeness (QED) is 0.259. The normalized spacial score (nSPS) is 9.50. The Morgan fingerprint density at radius 3 is 2.00 bits per heavy atom. The van der Waals surface area contributed by atoms with Gasteiger partial charge in [0.15, 0.2) is 15.3 Å². The molecule has 1 amide bonds. The number of carboxylic acids is 1. The predicted molar refractivity (Wildman–Crippen MR) is 164 cm³/mol. The minimum absolute atomic E-state index is 0.139. The maximum atomic E-state index is 14.2. The summed E-state index contributed by atoms with van der Waals surface area (Å²) in [5.41, 5.74) is -0.0340. The van der Waals surface area contributed by atoms with Crippen LogP contribution in [0.1, 0.15) is 90.2 Å². The van der Waals surface area contributed by atoms with Crippen LogP contribution in [0.15, 0.2) is 32.9 Å². The third kappa shape index (κ3) is 15.0. The van der Waals surface area contributed by atoms with Gasteiger partial charge in [-0.25, -0.2) is 28.7 Å². The van der Waals surface area contributed by atoms with Gasteiger partial charge >= 0.3 is 18.0 Å². The molecule has 0 unspecified atom stereocenters. The molecular weight excluding hydrogens is 625 g/mol. The molecular formula is C27H39BrFN3O6S2. The Hall–Kier alpha value is -2.90. The van der Waals surface area contributed by atoms with Crippen molar-refractivity contribution in [3.05, 3.63) is 50.1 Å². The van der Waals surface area contributed by atoms with Crippen molar-refractivity contribution in [3.63, 3.8) is 0 Å². The van der Waals surface area contributed by atoms with E-state index < -0.39 is 23.5 Å². The lowest BCUT2D eigenvalue weighted by Crippen LogP contribution is -2.27. The molecule has 0 fully saturated rings. The number of esters is 1. The van der Waals surface area contributed by atoms with Crippen molar-refractivity contribution >= 4 is 62.3 Å². The van der Waals surface area contributed by atoms with Crippen LogP contribution < -0.4 is 5.32 Å². The number of amides is 1. The standard InChI is InChI=1S/C15H15FN2O4S.C6H6BrNO2S.3C2H6/c1-15(2,3)22-14(21)17-8-4-5-9(10(16)6-8)12-18-11(7-23-12)13(19)20;1-2-10-5(9)4-3-11-6(7)8-4;3*1-2/h4-7H,1-3H3,(H,17,21)(H,19,20);3H,2H2,1H3;3*1-2H3. The molecule has 0 aliphatic heterocycles. The number of anilines is 1. The van der Waals surface area contributed by atoms with E-state index in [0.29, 0.717) is 16.2 Å². The Labute approximate surface area is 252 Å². The summed E-state index contributed by atoms with van der Waals surface area (Å²) in [5.74, 6) is -2.16. The van der Waals surface area contributed by atoms with Gasteiger partial charge in [-0.15, -0.1) is 22.7 Å². The number of ether oxygens (including phenoxy) is 2. The fourth-order valence-corrected chi connectivity index (χ4v) is 4.03. The first-order chi connectivity index (χ1) is 18.9. The molecule has 2 aromatic heterocycles. The minimum atomic E-state index is -1.17. The van der Waals surface area contributed by atoms with Gasteiger partial charge in [0.1, 0.15) is 16.4 Å². The number of benzene rings is 1. The first-order valence-corrected chi connectivity index (χ1v) is 15.2. The average Bonchev–Trinajstić information content (AvgIpc) is 3.57. The zero-order valence-corrected chi connectivity index (χ0v) is 27.8. The Balaban J connectivity index is 0. The van der Waals surface area contributed by atoms with Crippen molar-refractivity contribution in [2.75, 3.05) is 11.9 Å². The lowest BCUT2D eigenvalue weighted by molar-refractivity contribution is 0.0519. The highest BCUT2D eigenvalue weighted by Gasteiger charge is 2.18. The Bertz CT molecular complexity index is 1180. The molecule has 13 heteroatoms. The number of hydrogen-bond donors (Lipinski definition) is 2. The maximum absolute atomic E-state index is 14.2. The molecule has 0 atom stereocenters. The number of thiazole rings is 2. The molecule has 2 heterocycles. The molecule has 3 rings (SSSR count). The van der Waals surface area contributed by atoms with Crippen LogP contribution >= 0.6 is 38.6 Å². The van der Waals surface area contributed by atoms with Crippen molar-refractivity contribution in [2.24, 2.45) is 0 Å². The van der Waals surface area contributed by atoms with E-state index in [9.17, 15) is 18.8 Å².